The number of allylic oxidation sites excluding steroid dienone is 4. The van der Waals surface area contributed by atoms with Crippen LogP contribution in [0.25, 0.3) is 5.57 Å². The molecule has 0 N–H and O–H groups in total. The van der Waals surface area contributed by atoms with Gasteiger partial charge < -0.3 is 4.57 Å². The molecule has 4 heteroatoms. The average molecular weight is 281 g/mol. The summed E-state index contributed by atoms with van der Waals surface area (Å²) in [5.74, 6) is -3.02. The van der Waals surface area contributed by atoms with Crippen LogP contribution in [0.3, 0.4) is 0 Å². The summed E-state index contributed by atoms with van der Waals surface area (Å²) in [4.78, 5) is 12.1. The lowest BCUT2D eigenvalue weighted by Crippen LogP contribution is -2.25. The van der Waals surface area contributed by atoms with Crippen LogP contribution < -0.4 is 5.56 Å². The van der Waals surface area contributed by atoms with E-state index >= 15 is 0 Å². The maximum atomic E-state index is 13.6. The van der Waals surface area contributed by atoms with E-state index < -0.39 is 5.92 Å². The van der Waals surface area contributed by atoms with Crippen molar-refractivity contribution in [1.82, 2.24) is 4.57 Å². The van der Waals surface area contributed by atoms with Crippen LogP contribution in [0.5, 0.6) is 0 Å². The Balaban J connectivity index is 0.000000956. The molecule has 0 spiro atoms. The first-order valence-corrected chi connectivity index (χ1v) is 6.86. The van der Waals surface area contributed by atoms with Crippen LogP contribution in [0.15, 0.2) is 35.3 Å². The zero-order chi connectivity index (χ0) is 15.3. The lowest BCUT2D eigenvalue weighted by atomic mass is 9.94. The molecule has 0 saturated carbocycles. The standard InChI is InChI=1S/C14H15F2NO.C2H6/c1-14(15,16)11-8-9-17(2)13(18)12(11)10-6-4-3-5-7-10;1-2/h4,6-9H,3,5H2,1-2H3;1-2H3. The SMILES string of the molecule is CC.Cn1ccc(C(C)(F)F)c(C2=CCCC=C2)c1=O. The summed E-state index contributed by atoms with van der Waals surface area (Å²) in [5, 5.41) is 0. The summed E-state index contributed by atoms with van der Waals surface area (Å²) in [6.45, 7) is 4.82. The third kappa shape index (κ3) is 3.44. The minimum atomic E-state index is -3.02. The Kier molecular flexibility index (Phi) is 5.43. The number of alkyl halides is 2. The molecule has 1 aromatic rings. The molecule has 0 aromatic carbocycles. The zero-order valence-electron chi connectivity index (χ0n) is 12.4. The second kappa shape index (κ2) is 6.64. The van der Waals surface area contributed by atoms with Crippen LogP contribution in [-0.4, -0.2) is 4.57 Å². The Morgan fingerprint density at radius 2 is 1.90 bits per heavy atom. The molecule has 1 aromatic heterocycles. The van der Waals surface area contributed by atoms with Crippen LogP contribution in [-0.2, 0) is 13.0 Å². The first kappa shape index (κ1) is 16.3. The molecule has 0 bridgehead atoms. The molecule has 0 unspecified atom stereocenters. The monoisotopic (exact) mass is 281 g/mol. The first-order valence-electron chi connectivity index (χ1n) is 6.86. The fourth-order valence-corrected chi connectivity index (χ4v) is 2.07. The fourth-order valence-electron chi connectivity index (χ4n) is 2.07. The minimum absolute atomic E-state index is 0.114. The first-order chi connectivity index (χ1) is 9.41. The third-order valence-electron chi connectivity index (χ3n) is 3.02. The number of pyridine rings is 1. The van der Waals surface area contributed by atoms with Gasteiger partial charge in [0.15, 0.2) is 0 Å². The molecule has 110 valence electrons. The molecule has 2 nitrogen and oxygen atoms in total. The summed E-state index contributed by atoms with van der Waals surface area (Å²) < 4.78 is 28.5. The van der Waals surface area contributed by atoms with E-state index in [1.807, 2.05) is 26.0 Å². The Bertz CT molecular complexity index is 577. The minimum Gasteiger partial charge on any atom is -0.318 e. The van der Waals surface area contributed by atoms with Gasteiger partial charge in [0.25, 0.3) is 11.5 Å². The van der Waals surface area contributed by atoms with Crippen LogP contribution in [0.2, 0.25) is 0 Å². The number of aryl methyl sites for hydroxylation is 1. The van der Waals surface area contributed by atoms with Crippen LogP contribution in [0.1, 0.15) is 44.7 Å². The van der Waals surface area contributed by atoms with Crippen molar-refractivity contribution >= 4 is 5.57 Å². The number of halogens is 2. The van der Waals surface area contributed by atoms with Gasteiger partial charge in [-0.2, -0.15) is 0 Å². The average Bonchev–Trinajstić information content (AvgIpc) is 2.43. The smallest absolute Gasteiger partial charge is 0.271 e. The van der Waals surface area contributed by atoms with Crippen molar-refractivity contribution in [2.24, 2.45) is 7.05 Å². The van der Waals surface area contributed by atoms with Crippen molar-refractivity contribution in [1.29, 1.82) is 0 Å². The van der Waals surface area contributed by atoms with Gasteiger partial charge in [0.05, 0.1) is 5.56 Å². The van der Waals surface area contributed by atoms with Gasteiger partial charge >= 0.3 is 0 Å². The van der Waals surface area contributed by atoms with Crippen molar-refractivity contribution in [2.75, 3.05) is 0 Å². The highest BCUT2D eigenvalue weighted by atomic mass is 19.3. The summed E-state index contributed by atoms with van der Waals surface area (Å²) in [6.07, 6.45) is 8.53. The van der Waals surface area contributed by atoms with E-state index in [1.165, 1.54) is 16.8 Å². The number of hydrogen-bond donors (Lipinski definition) is 0. The number of rotatable bonds is 2. The fraction of sp³-hybridized carbons (Fsp3) is 0.438. The lowest BCUT2D eigenvalue weighted by Gasteiger charge is -2.18. The second-order valence-corrected chi connectivity index (χ2v) is 4.55. The molecule has 0 radical (unpaired) electrons. The van der Waals surface area contributed by atoms with E-state index in [-0.39, 0.29) is 16.7 Å². The van der Waals surface area contributed by atoms with Gasteiger partial charge in [0, 0.05) is 25.7 Å². The molecular formula is C16H21F2NO. The van der Waals surface area contributed by atoms with Gasteiger partial charge in [-0.15, -0.1) is 0 Å². The van der Waals surface area contributed by atoms with Crippen molar-refractivity contribution in [3.63, 3.8) is 0 Å². The summed E-state index contributed by atoms with van der Waals surface area (Å²) in [7, 11) is 1.57. The van der Waals surface area contributed by atoms with E-state index in [1.54, 1.807) is 13.1 Å². The summed E-state index contributed by atoms with van der Waals surface area (Å²) >= 11 is 0. The molecule has 2 rings (SSSR count). The summed E-state index contributed by atoms with van der Waals surface area (Å²) in [6, 6.07) is 1.32. The Labute approximate surface area is 118 Å². The Morgan fingerprint density at radius 3 is 2.40 bits per heavy atom. The van der Waals surface area contributed by atoms with Gasteiger partial charge in [-0.25, -0.2) is 8.78 Å². The van der Waals surface area contributed by atoms with Gasteiger partial charge in [0.2, 0.25) is 0 Å². The van der Waals surface area contributed by atoms with E-state index in [0.29, 0.717) is 5.57 Å². The molecule has 1 aliphatic rings. The highest BCUT2D eigenvalue weighted by Crippen LogP contribution is 2.32. The van der Waals surface area contributed by atoms with Gasteiger partial charge in [-0.05, 0) is 24.5 Å². The maximum Gasteiger partial charge on any atom is 0.271 e. The Hall–Kier alpha value is -1.71. The van der Waals surface area contributed by atoms with E-state index in [4.69, 9.17) is 0 Å². The van der Waals surface area contributed by atoms with E-state index in [0.717, 1.165) is 19.8 Å². The maximum absolute atomic E-state index is 13.6. The molecular weight excluding hydrogens is 260 g/mol. The second-order valence-electron chi connectivity index (χ2n) is 4.55. The quantitative estimate of drug-likeness (QED) is 0.794. The topological polar surface area (TPSA) is 22.0 Å². The van der Waals surface area contributed by atoms with E-state index in [9.17, 15) is 13.6 Å². The number of hydrogen-bond acceptors (Lipinski definition) is 1. The van der Waals surface area contributed by atoms with Crippen molar-refractivity contribution in [3.8, 4) is 0 Å². The Morgan fingerprint density at radius 1 is 1.25 bits per heavy atom. The van der Waals surface area contributed by atoms with Crippen molar-refractivity contribution < 1.29 is 8.78 Å². The highest BCUT2D eigenvalue weighted by molar-refractivity contribution is 5.76. The highest BCUT2D eigenvalue weighted by Gasteiger charge is 2.30. The molecule has 0 atom stereocenters. The molecule has 0 amide bonds. The third-order valence-corrected chi connectivity index (χ3v) is 3.02. The largest absolute Gasteiger partial charge is 0.318 e. The number of nitrogens with zero attached hydrogens (tertiary/aromatic N) is 1. The lowest BCUT2D eigenvalue weighted by molar-refractivity contribution is 0.0169. The predicted octanol–water partition coefficient (Wildman–Crippen LogP) is 4.26. The van der Waals surface area contributed by atoms with E-state index in [2.05, 4.69) is 0 Å². The number of aromatic nitrogens is 1. The van der Waals surface area contributed by atoms with Crippen molar-refractivity contribution in [2.45, 2.75) is 39.5 Å². The summed E-state index contributed by atoms with van der Waals surface area (Å²) in [5.41, 5.74) is 0.123. The normalized spacial score (nSPS) is 14.4. The van der Waals surface area contributed by atoms with Crippen molar-refractivity contribution in [3.05, 3.63) is 52.0 Å². The molecule has 0 fully saturated rings. The molecule has 1 aliphatic carbocycles. The molecule has 1 heterocycles. The van der Waals surface area contributed by atoms with Crippen LogP contribution in [0, 0.1) is 0 Å². The van der Waals surface area contributed by atoms with Crippen LogP contribution in [0.4, 0.5) is 8.78 Å². The molecule has 20 heavy (non-hydrogen) atoms. The predicted molar refractivity (Wildman–Crippen MR) is 79.0 cm³/mol. The molecule has 0 aliphatic heterocycles. The molecule has 0 saturated heterocycles. The van der Waals surface area contributed by atoms with Gasteiger partial charge in [-0.1, -0.05) is 32.1 Å². The van der Waals surface area contributed by atoms with Crippen LogP contribution >= 0.6 is 0 Å². The van der Waals surface area contributed by atoms with Gasteiger partial charge in [0.1, 0.15) is 0 Å². The zero-order valence-corrected chi connectivity index (χ0v) is 12.4. The van der Waals surface area contributed by atoms with Gasteiger partial charge in [-0.3, -0.25) is 4.79 Å².